The lowest BCUT2D eigenvalue weighted by molar-refractivity contribution is 0.115. The van der Waals surface area contributed by atoms with Gasteiger partial charge in [0, 0.05) is 17.0 Å². The second-order valence-electron chi connectivity index (χ2n) is 6.74. The van der Waals surface area contributed by atoms with Crippen LogP contribution in [-0.2, 0) is 0 Å². The molecule has 1 fully saturated rings. The number of aromatic nitrogens is 1. The summed E-state index contributed by atoms with van der Waals surface area (Å²) in [4.78, 5) is 4.77. The first-order valence-electron chi connectivity index (χ1n) is 8.90. The lowest BCUT2D eigenvalue weighted by Gasteiger charge is -2.29. The summed E-state index contributed by atoms with van der Waals surface area (Å²) in [6.07, 6.45) is 2.69. The van der Waals surface area contributed by atoms with Crippen LogP contribution in [0.5, 0.6) is 0 Å². The number of para-hydroxylation sites is 1. The Morgan fingerprint density at radius 3 is 2.50 bits per heavy atom. The van der Waals surface area contributed by atoms with Crippen LogP contribution in [0.15, 0.2) is 48.5 Å². The molecule has 1 aliphatic heterocycles. The van der Waals surface area contributed by atoms with Gasteiger partial charge in [-0.15, -0.1) is 24.8 Å². The third kappa shape index (κ3) is 4.73. The van der Waals surface area contributed by atoms with Crippen LogP contribution in [0.3, 0.4) is 0 Å². The van der Waals surface area contributed by atoms with Gasteiger partial charge in [0.2, 0.25) is 0 Å². The van der Waals surface area contributed by atoms with Crippen molar-refractivity contribution in [3.8, 4) is 11.3 Å². The highest BCUT2D eigenvalue weighted by atomic mass is 35.5. The predicted molar refractivity (Wildman–Crippen MR) is 122 cm³/mol. The van der Waals surface area contributed by atoms with E-state index in [1.165, 1.54) is 0 Å². The second-order valence-corrected chi connectivity index (χ2v) is 7.56. The molecule has 28 heavy (non-hydrogen) atoms. The van der Waals surface area contributed by atoms with E-state index in [4.69, 9.17) is 28.2 Å². The van der Waals surface area contributed by atoms with E-state index in [9.17, 15) is 5.11 Å². The molecule has 2 heterocycles. The molecule has 1 aliphatic rings. The molecule has 0 spiro atoms. The van der Waals surface area contributed by atoms with Crippen molar-refractivity contribution in [2.45, 2.75) is 31.4 Å². The number of piperidine rings is 1. The van der Waals surface area contributed by atoms with Crippen LogP contribution in [0, 0.1) is 0 Å². The third-order valence-electron chi connectivity index (χ3n) is 5.01. The maximum Gasteiger partial charge on any atom is 0.0950 e. The van der Waals surface area contributed by atoms with Crippen LogP contribution in [0.4, 0.5) is 0 Å². The van der Waals surface area contributed by atoms with Gasteiger partial charge >= 0.3 is 0 Å². The summed E-state index contributed by atoms with van der Waals surface area (Å²) >= 11 is 12.2. The highest BCUT2D eigenvalue weighted by Gasteiger charge is 2.25. The van der Waals surface area contributed by atoms with Crippen molar-refractivity contribution < 1.29 is 5.11 Å². The standard InChI is InChI=1S/C21H20Cl2N2O.2ClH/c22-16-9-8-13(11-17(16)23)20-12-15(14-5-1-2-6-18(14)25-20)21(26)19-7-3-4-10-24-19;;/h1-2,5-6,8-9,11-12,19,21,24,26H,3-4,7,10H2;2*1H. The van der Waals surface area contributed by atoms with Gasteiger partial charge in [-0.05, 0) is 49.2 Å². The minimum Gasteiger partial charge on any atom is -0.387 e. The van der Waals surface area contributed by atoms with Gasteiger partial charge in [0.05, 0.1) is 27.4 Å². The SMILES string of the molecule is Cl.Cl.OC(c1cc(-c2ccc(Cl)c(Cl)c2)nc2ccccc12)C1CCCCN1. The number of hydrogen-bond donors (Lipinski definition) is 2. The molecule has 2 atom stereocenters. The summed E-state index contributed by atoms with van der Waals surface area (Å²) in [5, 5.41) is 16.5. The predicted octanol–water partition coefficient (Wildman–Crippen LogP) is 6.23. The van der Waals surface area contributed by atoms with Crippen LogP contribution < -0.4 is 5.32 Å². The van der Waals surface area contributed by atoms with Crippen molar-refractivity contribution in [3.63, 3.8) is 0 Å². The highest BCUT2D eigenvalue weighted by molar-refractivity contribution is 6.42. The van der Waals surface area contributed by atoms with Gasteiger partial charge in [-0.1, -0.05) is 53.9 Å². The Kier molecular flexibility index (Phi) is 8.38. The first-order valence-corrected chi connectivity index (χ1v) is 9.65. The number of hydrogen-bond acceptors (Lipinski definition) is 3. The zero-order chi connectivity index (χ0) is 18.1. The zero-order valence-electron chi connectivity index (χ0n) is 15.1. The molecule has 2 aromatic carbocycles. The molecule has 2 unspecified atom stereocenters. The summed E-state index contributed by atoms with van der Waals surface area (Å²) in [7, 11) is 0. The number of aliphatic hydroxyl groups excluding tert-OH is 1. The summed E-state index contributed by atoms with van der Waals surface area (Å²) in [6.45, 7) is 0.949. The molecule has 1 aromatic heterocycles. The van der Waals surface area contributed by atoms with Crippen LogP contribution in [0.1, 0.15) is 30.9 Å². The van der Waals surface area contributed by atoms with Crippen LogP contribution in [0.25, 0.3) is 22.2 Å². The average Bonchev–Trinajstić information content (AvgIpc) is 2.69. The number of pyridine rings is 1. The molecule has 150 valence electrons. The fraction of sp³-hybridized carbons (Fsp3) is 0.286. The van der Waals surface area contributed by atoms with Gasteiger partial charge in [-0.3, -0.25) is 0 Å². The molecule has 3 nitrogen and oxygen atoms in total. The largest absolute Gasteiger partial charge is 0.387 e. The van der Waals surface area contributed by atoms with Gasteiger partial charge in [-0.2, -0.15) is 0 Å². The van der Waals surface area contributed by atoms with E-state index in [-0.39, 0.29) is 30.9 Å². The maximum atomic E-state index is 11.1. The summed E-state index contributed by atoms with van der Waals surface area (Å²) in [6, 6.07) is 15.5. The minimum atomic E-state index is -0.579. The van der Waals surface area contributed by atoms with E-state index in [1.54, 1.807) is 6.07 Å². The summed E-state index contributed by atoms with van der Waals surface area (Å²) in [5.74, 6) is 0. The third-order valence-corrected chi connectivity index (χ3v) is 5.75. The Hall–Kier alpha value is -1.07. The van der Waals surface area contributed by atoms with E-state index in [0.29, 0.717) is 10.0 Å². The lowest BCUT2D eigenvalue weighted by atomic mass is 9.92. The van der Waals surface area contributed by atoms with Gasteiger partial charge in [0.25, 0.3) is 0 Å². The molecule has 1 saturated heterocycles. The van der Waals surface area contributed by atoms with Crippen LogP contribution >= 0.6 is 48.0 Å². The van der Waals surface area contributed by atoms with Crippen LogP contribution in [0.2, 0.25) is 10.0 Å². The van der Waals surface area contributed by atoms with Crippen molar-refractivity contribution in [1.82, 2.24) is 10.3 Å². The Bertz CT molecular complexity index is 945. The molecule has 0 bridgehead atoms. The Labute approximate surface area is 187 Å². The summed E-state index contributed by atoms with van der Waals surface area (Å²) < 4.78 is 0. The van der Waals surface area contributed by atoms with Crippen molar-refractivity contribution in [2.75, 3.05) is 6.54 Å². The molecule has 7 heteroatoms. The average molecular weight is 460 g/mol. The highest BCUT2D eigenvalue weighted by Crippen LogP contribution is 2.34. The lowest BCUT2D eigenvalue weighted by Crippen LogP contribution is -2.38. The number of aliphatic hydroxyl groups is 1. The quantitative estimate of drug-likeness (QED) is 0.488. The van der Waals surface area contributed by atoms with E-state index in [0.717, 1.165) is 53.5 Å². The van der Waals surface area contributed by atoms with Crippen molar-refractivity contribution >= 4 is 58.9 Å². The van der Waals surface area contributed by atoms with Crippen LogP contribution in [-0.4, -0.2) is 22.7 Å². The second kappa shape index (κ2) is 10.1. The van der Waals surface area contributed by atoms with E-state index in [1.807, 2.05) is 42.5 Å². The van der Waals surface area contributed by atoms with Crippen molar-refractivity contribution in [3.05, 3.63) is 64.1 Å². The number of fused-ring (bicyclic) bond motifs is 1. The monoisotopic (exact) mass is 458 g/mol. The molecule has 3 aromatic rings. The van der Waals surface area contributed by atoms with Crippen molar-refractivity contribution in [2.24, 2.45) is 0 Å². The van der Waals surface area contributed by atoms with E-state index in [2.05, 4.69) is 5.32 Å². The summed E-state index contributed by atoms with van der Waals surface area (Å²) in [5.41, 5.74) is 3.43. The molecule has 4 rings (SSSR count). The van der Waals surface area contributed by atoms with E-state index >= 15 is 0 Å². The number of rotatable bonds is 3. The van der Waals surface area contributed by atoms with Gasteiger partial charge in [-0.25, -0.2) is 4.98 Å². The number of benzene rings is 2. The fourth-order valence-electron chi connectivity index (χ4n) is 3.62. The topological polar surface area (TPSA) is 45.2 Å². The van der Waals surface area contributed by atoms with Gasteiger partial charge in [0.15, 0.2) is 0 Å². The first kappa shape index (κ1) is 23.2. The number of nitrogens with zero attached hydrogens (tertiary/aromatic N) is 1. The van der Waals surface area contributed by atoms with E-state index < -0.39 is 6.10 Å². The number of nitrogens with one attached hydrogen (secondary N) is 1. The van der Waals surface area contributed by atoms with Gasteiger partial charge < -0.3 is 10.4 Å². The minimum absolute atomic E-state index is 0. The molecular formula is C21H22Cl4N2O. The molecule has 2 N–H and O–H groups in total. The van der Waals surface area contributed by atoms with Crippen molar-refractivity contribution in [1.29, 1.82) is 0 Å². The molecular weight excluding hydrogens is 438 g/mol. The first-order chi connectivity index (χ1) is 12.6. The molecule has 0 radical (unpaired) electrons. The Morgan fingerprint density at radius 2 is 1.79 bits per heavy atom. The Balaban J connectivity index is 0.00000140. The zero-order valence-corrected chi connectivity index (χ0v) is 18.2. The maximum absolute atomic E-state index is 11.1. The number of halogens is 4. The Morgan fingerprint density at radius 1 is 1.00 bits per heavy atom. The normalized spacial score (nSPS) is 17.5. The molecule has 0 aliphatic carbocycles. The fourth-order valence-corrected chi connectivity index (χ4v) is 3.91. The smallest absolute Gasteiger partial charge is 0.0950 e. The van der Waals surface area contributed by atoms with Gasteiger partial charge in [0.1, 0.15) is 0 Å². The molecule has 0 saturated carbocycles. The molecule has 0 amide bonds.